The van der Waals surface area contributed by atoms with Crippen molar-refractivity contribution in [2.24, 2.45) is 0 Å². The summed E-state index contributed by atoms with van der Waals surface area (Å²) in [4.78, 5) is 73.0. The molecule has 0 rings (SSSR count). The number of unbranched alkanes of at least 4 members (excludes halogenated alkanes) is 27. The highest BCUT2D eigenvalue weighted by atomic mass is 31.2. The number of ether oxygens (including phenoxy) is 4. The maximum Gasteiger partial charge on any atom is 0.472 e. The molecule has 0 aromatic rings. The topological polar surface area (TPSA) is 237 Å². The molecule has 0 fully saturated rings. The Balaban J connectivity index is 5.40. The van der Waals surface area contributed by atoms with E-state index in [9.17, 15) is 43.2 Å². The van der Waals surface area contributed by atoms with E-state index in [1.807, 2.05) is 0 Å². The minimum Gasteiger partial charge on any atom is -0.462 e. The van der Waals surface area contributed by atoms with Gasteiger partial charge >= 0.3 is 39.5 Å². The normalized spacial score (nSPS) is 14.6. The summed E-state index contributed by atoms with van der Waals surface area (Å²) in [5.41, 5.74) is 0. The smallest absolute Gasteiger partial charge is 0.462 e. The van der Waals surface area contributed by atoms with Gasteiger partial charge in [0.25, 0.3) is 0 Å². The standard InChI is InChI=1S/C85H144O17P2/c1-5-9-13-17-21-25-29-33-36-38-39-41-44-47-50-54-58-62-66-70-83(88)95-75-80(101-84(89)71-67-63-59-55-51-45-32-28-24-20-16-12-8-4)77-99-103(91,92)97-73-79(86)74-98-104(93,94)100-78-81(102-85(90)72-68-64-60-56-52-48-42-35-31-27-23-19-15-11-7-3)76-96-82(87)69-65-61-57-53-49-46-43-40-37-34-30-26-22-18-14-10-6-2/h9-10,13-14,16,20-22,25-26,28,32-34,36-37,39,41,43,46-47,50,79-81,86H,5-8,11-12,15,17-19,23-24,27,29-31,35,38,40,42,44-45,48-49,51-78H2,1-4H3,(H,91,92)(H,93,94)/b13-9-,14-10-,20-16-,25-21-,26-22-,32-28-,36-33-,37-34-,41-39-,46-43-,50-47-. The maximum atomic E-state index is 13.1. The number of aliphatic hydroxyl groups excluding tert-OH is 1. The Morgan fingerprint density at radius 1 is 0.279 bits per heavy atom. The van der Waals surface area contributed by atoms with Gasteiger partial charge < -0.3 is 33.8 Å². The summed E-state index contributed by atoms with van der Waals surface area (Å²) >= 11 is 0. The molecule has 5 unspecified atom stereocenters. The molecule has 0 aliphatic rings. The maximum absolute atomic E-state index is 13.1. The van der Waals surface area contributed by atoms with Gasteiger partial charge in [-0.1, -0.05) is 296 Å². The van der Waals surface area contributed by atoms with Crippen LogP contribution in [-0.4, -0.2) is 96.7 Å². The van der Waals surface area contributed by atoms with Crippen molar-refractivity contribution in [3.63, 3.8) is 0 Å². The molecule has 104 heavy (non-hydrogen) atoms. The van der Waals surface area contributed by atoms with Crippen LogP contribution in [0.15, 0.2) is 134 Å². The molecule has 17 nitrogen and oxygen atoms in total. The Morgan fingerprint density at radius 3 is 0.817 bits per heavy atom. The number of aliphatic hydroxyl groups is 1. The van der Waals surface area contributed by atoms with Crippen molar-refractivity contribution in [1.82, 2.24) is 0 Å². The molecule has 596 valence electrons. The average molecular weight is 1500 g/mol. The summed E-state index contributed by atoms with van der Waals surface area (Å²) in [5, 5.41) is 10.6. The van der Waals surface area contributed by atoms with Crippen LogP contribution >= 0.6 is 15.6 Å². The number of carbonyl (C=O) groups excluding carboxylic acids is 4. The molecular weight excluding hydrogens is 1350 g/mol. The zero-order valence-corrected chi connectivity index (χ0v) is 66.9. The van der Waals surface area contributed by atoms with E-state index in [0.717, 1.165) is 180 Å². The molecule has 0 heterocycles. The number of esters is 4. The van der Waals surface area contributed by atoms with Crippen molar-refractivity contribution >= 4 is 39.5 Å². The van der Waals surface area contributed by atoms with Gasteiger partial charge in [-0.15, -0.1) is 0 Å². The van der Waals surface area contributed by atoms with E-state index in [0.29, 0.717) is 25.7 Å². The number of hydrogen-bond acceptors (Lipinski definition) is 15. The van der Waals surface area contributed by atoms with Crippen LogP contribution in [0.1, 0.15) is 323 Å². The van der Waals surface area contributed by atoms with E-state index >= 15 is 0 Å². The molecule has 0 aliphatic heterocycles. The Labute approximate surface area is 631 Å². The van der Waals surface area contributed by atoms with Gasteiger partial charge in [0.15, 0.2) is 12.2 Å². The van der Waals surface area contributed by atoms with E-state index in [1.165, 1.54) is 64.2 Å². The van der Waals surface area contributed by atoms with E-state index < -0.39 is 97.5 Å². The number of phosphoric ester groups is 2. The zero-order chi connectivity index (χ0) is 76.0. The average Bonchev–Trinajstić information content (AvgIpc) is 0.939. The van der Waals surface area contributed by atoms with Gasteiger partial charge in [0.05, 0.1) is 26.4 Å². The largest absolute Gasteiger partial charge is 0.472 e. The van der Waals surface area contributed by atoms with E-state index in [2.05, 4.69) is 161 Å². The van der Waals surface area contributed by atoms with Gasteiger partial charge in [-0.05, 0) is 135 Å². The fourth-order valence-corrected chi connectivity index (χ4v) is 12.1. The third-order valence-corrected chi connectivity index (χ3v) is 18.5. The summed E-state index contributed by atoms with van der Waals surface area (Å²) in [6.07, 6.45) is 85.7. The molecule has 0 amide bonds. The highest BCUT2D eigenvalue weighted by Gasteiger charge is 2.30. The number of rotatable bonds is 75. The highest BCUT2D eigenvalue weighted by molar-refractivity contribution is 7.47. The van der Waals surface area contributed by atoms with Crippen LogP contribution in [0.2, 0.25) is 0 Å². The van der Waals surface area contributed by atoms with Crippen LogP contribution in [0, 0.1) is 0 Å². The molecule has 0 radical (unpaired) electrons. The molecule has 0 aromatic carbocycles. The van der Waals surface area contributed by atoms with Crippen LogP contribution in [0.5, 0.6) is 0 Å². The quantitative estimate of drug-likeness (QED) is 0.0169. The second kappa shape index (κ2) is 76.4. The van der Waals surface area contributed by atoms with Crippen LogP contribution in [0.25, 0.3) is 0 Å². The second-order valence-electron chi connectivity index (χ2n) is 26.6. The Bertz CT molecular complexity index is 2490. The van der Waals surface area contributed by atoms with E-state index in [-0.39, 0.29) is 25.7 Å². The van der Waals surface area contributed by atoms with Gasteiger partial charge in [-0.2, -0.15) is 0 Å². The SMILES string of the molecule is CC/C=C\C/C=C\C/C=C\C/C=C\C/C=C\CCCCCC(=O)OCC(COP(=O)(O)OCC(O)COP(=O)(O)OCC(COC(=O)CCCCCC/C=C\C/C=C\C/C=C\C/C=C\CC)OC(=O)CCCCCCCCCCCCCCCCC)OC(=O)CCCCCCC/C=C\C/C=C\CCC. The molecule has 0 aromatic heterocycles. The van der Waals surface area contributed by atoms with Crippen molar-refractivity contribution in [1.29, 1.82) is 0 Å². The number of allylic oxidation sites excluding steroid dienone is 22. The first kappa shape index (κ1) is 99.2. The lowest BCUT2D eigenvalue weighted by Crippen LogP contribution is -2.30. The number of hydrogen-bond donors (Lipinski definition) is 3. The monoisotopic (exact) mass is 1500 g/mol. The summed E-state index contributed by atoms with van der Waals surface area (Å²) in [6.45, 7) is 4.53. The van der Waals surface area contributed by atoms with Crippen LogP contribution in [0.4, 0.5) is 0 Å². The van der Waals surface area contributed by atoms with Crippen LogP contribution < -0.4 is 0 Å². The number of carbonyl (C=O) groups is 4. The van der Waals surface area contributed by atoms with Crippen molar-refractivity contribution in [2.75, 3.05) is 39.6 Å². The fourth-order valence-electron chi connectivity index (χ4n) is 10.5. The lowest BCUT2D eigenvalue weighted by Gasteiger charge is -2.21. The van der Waals surface area contributed by atoms with Gasteiger partial charge in [-0.25, -0.2) is 9.13 Å². The summed E-state index contributed by atoms with van der Waals surface area (Å²) in [5.74, 6) is -2.25. The summed E-state index contributed by atoms with van der Waals surface area (Å²) < 4.78 is 68.6. The lowest BCUT2D eigenvalue weighted by atomic mass is 10.0. The second-order valence-corrected chi connectivity index (χ2v) is 29.5. The van der Waals surface area contributed by atoms with Crippen molar-refractivity contribution in [2.45, 2.75) is 341 Å². The van der Waals surface area contributed by atoms with Crippen molar-refractivity contribution < 1.29 is 80.2 Å². The molecule has 0 aliphatic carbocycles. The van der Waals surface area contributed by atoms with Gasteiger partial charge in [0.1, 0.15) is 19.3 Å². The molecule has 0 saturated carbocycles. The third-order valence-electron chi connectivity index (χ3n) is 16.6. The fraction of sp³-hybridized carbons (Fsp3) is 0.694. The lowest BCUT2D eigenvalue weighted by molar-refractivity contribution is -0.161. The van der Waals surface area contributed by atoms with Gasteiger partial charge in [0, 0.05) is 25.7 Å². The zero-order valence-electron chi connectivity index (χ0n) is 65.2. The highest BCUT2D eigenvalue weighted by Crippen LogP contribution is 2.45. The molecule has 0 spiro atoms. The summed E-state index contributed by atoms with van der Waals surface area (Å²) in [7, 11) is -9.98. The Morgan fingerprint density at radius 2 is 0.519 bits per heavy atom. The molecule has 0 bridgehead atoms. The molecule has 0 saturated heterocycles. The molecular formula is C85H144O17P2. The Kier molecular flexibility index (Phi) is 72.9. The van der Waals surface area contributed by atoms with Gasteiger partial charge in [0.2, 0.25) is 0 Å². The van der Waals surface area contributed by atoms with E-state index in [1.54, 1.807) is 0 Å². The first-order valence-electron chi connectivity index (χ1n) is 40.4. The minimum absolute atomic E-state index is 0.0678. The number of phosphoric acid groups is 2. The van der Waals surface area contributed by atoms with E-state index in [4.69, 9.17) is 37.0 Å². The Hall–Kier alpha value is -4.80. The molecule has 19 heteroatoms. The molecule has 5 atom stereocenters. The molecule has 3 N–H and O–H groups in total. The predicted molar refractivity (Wildman–Crippen MR) is 427 cm³/mol. The van der Waals surface area contributed by atoms with Crippen LogP contribution in [0.3, 0.4) is 0 Å². The van der Waals surface area contributed by atoms with Gasteiger partial charge in [-0.3, -0.25) is 37.3 Å². The minimum atomic E-state index is -4.99. The first-order chi connectivity index (χ1) is 50.7. The predicted octanol–water partition coefficient (Wildman–Crippen LogP) is 23.7. The van der Waals surface area contributed by atoms with Crippen molar-refractivity contribution in [3.05, 3.63) is 134 Å². The summed E-state index contributed by atoms with van der Waals surface area (Å²) in [6, 6.07) is 0. The first-order valence-corrected chi connectivity index (χ1v) is 43.4. The van der Waals surface area contributed by atoms with Crippen molar-refractivity contribution in [3.8, 4) is 0 Å². The third kappa shape index (κ3) is 75.4. The van der Waals surface area contributed by atoms with Crippen LogP contribution in [-0.2, 0) is 65.4 Å².